The van der Waals surface area contributed by atoms with Crippen molar-refractivity contribution in [1.82, 2.24) is 0 Å². The maximum Gasteiger partial charge on any atom is 0.182 e. The van der Waals surface area contributed by atoms with Crippen molar-refractivity contribution < 1.29 is 9.53 Å². The van der Waals surface area contributed by atoms with E-state index in [1.807, 2.05) is 36.4 Å². The summed E-state index contributed by atoms with van der Waals surface area (Å²) in [5.74, 6) is 0. The minimum absolute atomic E-state index is 0.0229. The predicted octanol–water partition coefficient (Wildman–Crippen LogP) is 5.24. The Bertz CT molecular complexity index is 1300. The summed E-state index contributed by atoms with van der Waals surface area (Å²) in [4.78, 5) is 26.9. The van der Waals surface area contributed by atoms with Crippen LogP contribution in [0, 0.1) is 0 Å². The molecule has 4 aromatic rings. The molecule has 0 saturated carbocycles. The molecule has 0 radical (unpaired) electrons. The molecule has 5 rings (SSSR count). The number of hydrogen-bond acceptors (Lipinski definition) is 5. The molecule has 1 fully saturated rings. The van der Waals surface area contributed by atoms with Crippen molar-refractivity contribution in [2.45, 2.75) is 0 Å². The van der Waals surface area contributed by atoms with E-state index in [0.29, 0.717) is 18.8 Å². The molecule has 154 valence electrons. The van der Waals surface area contributed by atoms with Gasteiger partial charge < -0.3 is 9.64 Å². The van der Waals surface area contributed by atoms with E-state index in [2.05, 4.69) is 29.2 Å². The number of ether oxygens (including phenoxy) is 1. The molecule has 0 unspecified atom stereocenters. The Kier molecular flexibility index (Phi) is 5.37. The molecule has 1 aromatic heterocycles. The van der Waals surface area contributed by atoms with Gasteiger partial charge in [0, 0.05) is 35.7 Å². The third kappa shape index (κ3) is 3.90. The summed E-state index contributed by atoms with van der Waals surface area (Å²) < 4.78 is 5.43. The molecule has 3 aromatic carbocycles. The Morgan fingerprint density at radius 3 is 2.29 bits per heavy atom. The van der Waals surface area contributed by atoms with Crippen molar-refractivity contribution in [3.05, 3.63) is 88.6 Å². The number of hydrogen-bond donors (Lipinski definition) is 0. The average Bonchev–Trinajstić information content (AvgIpc) is 2.83. The van der Waals surface area contributed by atoms with Gasteiger partial charge in [-0.1, -0.05) is 60.7 Å². The molecule has 0 amide bonds. The van der Waals surface area contributed by atoms with E-state index >= 15 is 0 Å². The van der Waals surface area contributed by atoms with Gasteiger partial charge in [0.25, 0.3) is 0 Å². The summed E-state index contributed by atoms with van der Waals surface area (Å²) >= 11 is 1.64. The van der Waals surface area contributed by atoms with E-state index < -0.39 is 0 Å². The molecule has 5 heteroatoms. The Hall–Kier alpha value is -3.28. The lowest BCUT2D eigenvalue weighted by Crippen LogP contribution is -2.36. The Labute approximate surface area is 184 Å². The van der Waals surface area contributed by atoms with Gasteiger partial charge in [-0.15, -0.1) is 11.3 Å². The van der Waals surface area contributed by atoms with Crippen LogP contribution in [0.25, 0.3) is 32.3 Å². The second-order valence-electron chi connectivity index (χ2n) is 7.54. The topological polar surface area (TPSA) is 46.6 Å². The minimum Gasteiger partial charge on any atom is -0.378 e. The van der Waals surface area contributed by atoms with Crippen LogP contribution in [0.1, 0.15) is 10.4 Å². The molecule has 31 heavy (non-hydrogen) atoms. The van der Waals surface area contributed by atoms with Crippen molar-refractivity contribution in [3.63, 3.8) is 0 Å². The lowest BCUT2D eigenvalue weighted by atomic mass is 9.95. The second-order valence-corrected chi connectivity index (χ2v) is 8.60. The molecule has 0 aliphatic carbocycles. The van der Waals surface area contributed by atoms with Crippen molar-refractivity contribution in [2.24, 2.45) is 0 Å². The molecule has 1 aliphatic rings. The Morgan fingerprint density at radius 1 is 0.839 bits per heavy atom. The van der Waals surface area contributed by atoms with E-state index in [0.717, 1.165) is 56.7 Å². The Morgan fingerprint density at radius 2 is 1.55 bits per heavy atom. The van der Waals surface area contributed by atoms with Crippen LogP contribution >= 0.6 is 11.3 Å². The van der Waals surface area contributed by atoms with Crippen molar-refractivity contribution in [1.29, 1.82) is 0 Å². The SMILES string of the molecule is O=Cc1ccc(-c2ccc(-c3cc(=O)cc(N4CCOCC4)s3)cc2)c2ccccc12. The highest BCUT2D eigenvalue weighted by atomic mass is 32.1. The molecule has 0 N–H and O–H groups in total. The summed E-state index contributed by atoms with van der Waals surface area (Å²) in [6.45, 7) is 3.00. The molecular formula is C26H21NO3S. The number of carbonyl (C=O) groups is 1. The first-order valence-corrected chi connectivity index (χ1v) is 11.1. The molecule has 0 atom stereocenters. The Balaban J connectivity index is 1.52. The highest BCUT2D eigenvalue weighted by molar-refractivity contribution is 7.19. The van der Waals surface area contributed by atoms with Crippen molar-refractivity contribution >= 4 is 33.4 Å². The normalized spacial score (nSPS) is 14.0. The first-order chi connectivity index (χ1) is 15.2. The summed E-state index contributed by atoms with van der Waals surface area (Å²) in [6, 6.07) is 23.5. The highest BCUT2D eigenvalue weighted by Gasteiger charge is 2.14. The van der Waals surface area contributed by atoms with E-state index in [-0.39, 0.29) is 5.43 Å². The van der Waals surface area contributed by atoms with Crippen molar-refractivity contribution in [3.8, 4) is 21.6 Å². The first-order valence-electron chi connectivity index (χ1n) is 10.3. The maximum absolute atomic E-state index is 12.3. The largest absolute Gasteiger partial charge is 0.378 e. The highest BCUT2D eigenvalue weighted by Crippen LogP contribution is 2.34. The summed E-state index contributed by atoms with van der Waals surface area (Å²) in [7, 11) is 0. The zero-order valence-electron chi connectivity index (χ0n) is 16.9. The lowest BCUT2D eigenvalue weighted by molar-refractivity contribution is 0.112. The van der Waals surface area contributed by atoms with Crippen LogP contribution in [-0.4, -0.2) is 32.6 Å². The summed E-state index contributed by atoms with van der Waals surface area (Å²) in [6.07, 6.45) is 0.901. The van der Waals surface area contributed by atoms with Gasteiger partial charge in [-0.05, 0) is 27.5 Å². The third-order valence-electron chi connectivity index (χ3n) is 5.64. The molecule has 0 spiro atoms. The minimum atomic E-state index is 0.0229. The van der Waals surface area contributed by atoms with Crippen LogP contribution in [0.2, 0.25) is 0 Å². The third-order valence-corrected chi connectivity index (χ3v) is 6.80. The number of anilines is 1. The van der Waals surface area contributed by atoms with E-state index in [9.17, 15) is 9.59 Å². The van der Waals surface area contributed by atoms with Crippen LogP contribution in [0.5, 0.6) is 0 Å². The molecular weight excluding hydrogens is 406 g/mol. The smallest absolute Gasteiger partial charge is 0.182 e. The number of nitrogens with zero attached hydrogens (tertiary/aromatic N) is 1. The predicted molar refractivity (Wildman–Crippen MR) is 127 cm³/mol. The van der Waals surface area contributed by atoms with Gasteiger partial charge in [-0.3, -0.25) is 9.59 Å². The van der Waals surface area contributed by atoms with Gasteiger partial charge >= 0.3 is 0 Å². The molecule has 4 nitrogen and oxygen atoms in total. The second kappa shape index (κ2) is 8.46. The fourth-order valence-electron chi connectivity index (χ4n) is 4.04. The van der Waals surface area contributed by atoms with Gasteiger partial charge in [0.2, 0.25) is 0 Å². The fraction of sp³-hybridized carbons (Fsp3) is 0.154. The van der Waals surface area contributed by atoms with Crippen LogP contribution in [-0.2, 0) is 4.74 Å². The number of aldehydes is 1. The summed E-state index contributed by atoms with van der Waals surface area (Å²) in [5.41, 5.74) is 3.90. The van der Waals surface area contributed by atoms with E-state index in [1.165, 1.54) is 0 Å². The van der Waals surface area contributed by atoms with Gasteiger partial charge in [0.15, 0.2) is 11.7 Å². The zero-order valence-corrected chi connectivity index (χ0v) is 17.7. The molecule has 0 bridgehead atoms. The van der Waals surface area contributed by atoms with Crippen LogP contribution in [0.3, 0.4) is 0 Å². The number of morpholine rings is 1. The zero-order chi connectivity index (χ0) is 21.2. The summed E-state index contributed by atoms with van der Waals surface area (Å²) in [5, 5.41) is 3.00. The van der Waals surface area contributed by atoms with Crippen LogP contribution in [0.15, 0.2) is 77.6 Å². The van der Waals surface area contributed by atoms with Gasteiger partial charge in [0.05, 0.1) is 18.2 Å². The van der Waals surface area contributed by atoms with Gasteiger partial charge in [0.1, 0.15) is 0 Å². The standard InChI is InChI=1S/C26H21NO3S/c28-17-20-9-10-23(24-4-2-1-3-22(20)24)18-5-7-19(8-6-18)25-15-21(29)16-26(31-25)27-11-13-30-14-12-27/h1-10,15-17H,11-14H2. The van der Waals surface area contributed by atoms with Crippen LogP contribution < -0.4 is 10.3 Å². The van der Waals surface area contributed by atoms with Gasteiger partial charge in [-0.2, -0.15) is 0 Å². The fourth-order valence-corrected chi connectivity index (χ4v) is 5.18. The number of fused-ring (bicyclic) bond motifs is 1. The number of carbonyl (C=O) groups excluding carboxylic acids is 1. The van der Waals surface area contributed by atoms with Crippen LogP contribution in [0.4, 0.5) is 5.00 Å². The maximum atomic E-state index is 12.3. The molecule has 1 saturated heterocycles. The average molecular weight is 428 g/mol. The van der Waals surface area contributed by atoms with E-state index in [4.69, 9.17) is 4.74 Å². The first kappa shape index (κ1) is 19.7. The quantitative estimate of drug-likeness (QED) is 0.418. The number of rotatable bonds is 4. The molecule has 1 aliphatic heterocycles. The lowest BCUT2D eigenvalue weighted by Gasteiger charge is -2.28. The van der Waals surface area contributed by atoms with Crippen molar-refractivity contribution in [2.75, 3.05) is 31.2 Å². The molecule has 2 heterocycles. The van der Waals surface area contributed by atoms with E-state index in [1.54, 1.807) is 23.5 Å². The number of benzene rings is 3. The monoisotopic (exact) mass is 427 g/mol. The van der Waals surface area contributed by atoms with Gasteiger partial charge in [-0.25, -0.2) is 0 Å².